The Balaban J connectivity index is 2.11. The molecule has 1 aromatic carbocycles. The molecule has 1 aliphatic heterocycles. The molecular formula is C16H23NO2. The molecule has 19 heavy (non-hydrogen) atoms. The minimum Gasteiger partial charge on any atom is -0.494 e. The molecule has 0 spiro atoms. The van der Waals surface area contributed by atoms with Crippen LogP contribution in [0.3, 0.4) is 0 Å². The summed E-state index contributed by atoms with van der Waals surface area (Å²) in [4.78, 5) is 11.6. The van der Waals surface area contributed by atoms with Gasteiger partial charge in [0.05, 0.1) is 6.61 Å². The maximum atomic E-state index is 11.6. The van der Waals surface area contributed by atoms with Crippen LogP contribution in [0.15, 0.2) is 24.3 Å². The predicted molar refractivity (Wildman–Crippen MR) is 76.3 cm³/mol. The van der Waals surface area contributed by atoms with Gasteiger partial charge in [-0.05, 0) is 43.4 Å². The molecule has 1 atom stereocenters. The standard InChI is InChI=1S/C16H23NO2/c1-4-19-14-7-5-13(6-8-14)11-16(12(2)3)10-9-15(18)17-16/h5-8,12H,4,9-11H2,1-3H3,(H,17,18). The zero-order valence-corrected chi connectivity index (χ0v) is 12.0. The maximum Gasteiger partial charge on any atom is 0.220 e. The van der Waals surface area contributed by atoms with Gasteiger partial charge in [-0.1, -0.05) is 26.0 Å². The molecular weight excluding hydrogens is 238 g/mol. The van der Waals surface area contributed by atoms with Crippen molar-refractivity contribution in [1.82, 2.24) is 5.32 Å². The molecule has 1 amide bonds. The first kappa shape index (κ1) is 13.9. The average molecular weight is 261 g/mol. The summed E-state index contributed by atoms with van der Waals surface area (Å²) in [5.41, 5.74) is 1.17. The van der Waals surface area contributed by atoms with Crippen LogP contribution in [-0.2, 0) is 11.2 Å². The third kappa shape index (κ3) is 3.09. The van der Waals surface area contributed by atoms with Gasteiger partial charge >= 0.3 is 0 Å². The summed E-state index contributed by atoms with van der Waals surface area (Å²) in [5, 5.41) is 3.18. The van der Waals surface area contributed by atoms with Crippen LogP contribution in [0.2, 0.25) is 0 Å². The first-order chi connectivity index (χ1) is 9.05. The topological polar surface area (TPSA) is 38.3 Å². The summed E-state index contributed by atoms with van der Waals surface area (Å²) >= 11 is 0. The molecule has 104 valence electrons. The Labute approximate surface area is 115 Å². The van der Waals surface area contributed by atoms with Crippen molar-refractivity contribution in [1.29, 1.82) is 0 Å². The molecule has 0 saturated carbocycles. The quantitative estimate of drug-likeness (QED) is 0.885. The van der Waals surface area contributed by atoms with Crippen molar-refractivity contribution in [3.05, 3.63) is 29.8 Å². The highest BCUT2D eigenvalue weighted by molar-refractivity contribution is 5.79. The van der Waals surface area contributed by atoms with Crippen molar-refractivity contribution in [2.45, 2.75) is 45.6 Å². The summed E-state index contributed by atoms with van der Waals surface area (Å²) < 4.78 is 5.45. The largest absolute Gasteiger partial charge is 0.494 e. The van der Waals surface area contributed by atoms with Crippen molar-refractivity contribution in [2.75, 3.05) is 6.61 Å². The van der Waals surface area contributed by atoms with E-state index in [1.807, 2.05) is 19.1 Å². The lowest BCUT2D eigenvalue weighted by Crippen LogP contribution is -2.48. The highest BCUT2D eigenvalue weighted by Gasteiger charge is 2.40. The van der Waals surface area contributed by atoms with E-state index < -0.39 is 0 Å². The molecule has 1 unspecified atom stereocenters. The number of rotatable bonds is 5. The van der Waals surface area contributed by atoms with Crippen LogP contribution in [0.5, 0.6) is 5.75 Å². The Morgan fingerprint density at radius 2 is 2.00 bits per heavy atom. The van der Waals surface area contributed by atoms with E-state index in [9.17, 15) is 4.79 Å². The van der Waals surface area contributed by atoms with Crippen molar-refractivity contribution < 1.29 is 9.53 Å². The number of carbonyl (C=O) groups excluding carboxylic acids is 1. The van der Waals surface area contributed by atoms with Crippen molar-refractivity contribution in [2.24, 2.45) is 5.92 Å². The molecule has 1 aliphatic rings. The number of hydrogen-bond donors (Lipinski definition) is 1. The van der Waals surface area contributed by atoms with Crippen molar-refractivity contribution >= 4 is 5.91 Å². The lowest BCUT2D eigenvalue weighted by Gasteiger charge is -2.33. The monoisotopic (exact) mass is 261 g/mol. The van der Waals surface area contributed by atoms with Gasteiger partial charge in [0.1, 0.15) is 5.75 Å². The number of hydrogen-bond acceptors (Lipinski definition) is 2. The molecule has 3 nitrogen and oxygen atoms in total. The Bertz CT molecular complexity index is 439. The number of carbonyl (C=O) groups is 1. The highest BCUT2D eigenvalue weighted by Crippen LogP contribution is 2.32. The zero-order chi connectivity index (χ0) is 13.9. The van der Waals surface area contributed by atoms with E-state index in [1.165, 1.54) is 5.56 Å². The zero-order valence-electron chi connectivity index (χ0n) is 12.0. The molecule has 2 rings (SSSR count). The molecule has 1 heterocycles. The van der Waals surface area contributed by atoms with Crippen LogP contribution in [0.25, 0.3) is 0 Å². The van der Waals surface area contributed by atoms with E-state index in [2.05, 4.69) is 31.3 Å². The van der Waals surface area contributed by atoms with E-state index in [1.54, 1.807) is 0 Å². The number of ether oxygens (including phenoxy) is 1. The molecule has 1 fully saturated rings. The van der Waals surface area contributed by atoms with Crippen molar-refractivity contribution in [3.63, 3.8) is 0 Å². The Morgan fingerprint density at radius 3 is 2.47 bits per heavy atom. The second-order valence-electron chi connectivity index (χ2n) is 5.61. The summed E-state index contributed by atoms with van der Waals surface area (Å²) in [6.07, 6.45) is 2.47. The summed E-state index contributed by atoms with van der Waals surface area (Å²) in [7, 11) is 0. The van der Waals surface area contributed by atoms with Gasteiger partial charge in [0, 0.05) is 12.0 Å². The first-order valence-corrected chi connectivity index (χ1v) is 7.08. The minimum atomic E-state index is -0.0792. The van der Waals surface area contributed by atoms with E-state index >= 15 is 0 Å². The SMILES string of the molecule is CCOc1ccc(CC2(C(C)C)CCC(=O)N2)cc1. The second-order valence-corrected chi connectivity index (χ2v) is 5.61. The van der Waals surface area contributed by atoms with Crippen LogP contribution < -0.4 is 10.1 Å². The Hall–Kier alpha value is -1.51. The Morgan fingerprint density at radius 1 is 1.32 bits per heavy atom. The summed E-state index contributed by atoms with van der Waals surface area (Å²) in [5.74, 6) is 1.52. The summed E-state index contributed by atoms with van der Waals surface area (Å²) in [6, 6.07) is 8.20. The van der Waals surface area contributed by atoms with Crippen LogP contribution in [0.4, 0.5) is 0 Å². The van der Waals surface area contributed by atoms with Crippen molar-refractivity contribution in [3.8, 4) is 5.75 Å². The maximum absolute atomic E-state index is 11.6. The Kier molecular flexibility index (Phi) is 4.13. The number of amides is 1. The van der Waals surface area contributed by atoms with Gasteiger partial charge in [-0.25, -0.2) is 0 Å². The third-order valence-electron chi connectivity index (χ3n) is 4.05. The first-order valence-electron chi connectivity index (χ1n) is 7.08. The van der Waals surface area contributed by atoms with E-state index in [0.29, 0.717) is 18.9 Å². The molecule has 3 heteroatoms. The fourth-order valence-electron chi connectivity index (χ4n) is 2.74. The van der Waals surface area contributed by atoms with Crippen LogP contribution in [0, 0.1) is 5.92 Å². The van der Waals surface area contributed by atoms with Gasteiger partial charge in [0.25, 0.3) is 0 Å². The van der Waals surface area contributed by atoms with Gasteiger partial charge in [-0.2, -0.15) is 0 Å². The predicted octanol–water partition coefficient (Wildman–Crippen LogP) is 2.93. The summed E-state index contributed by atoms with van der Waals surface area (Å²) in [6.45, 7) is 7.03. The second kappa shape index (κ2) is 5.64. The molecule has 0 bridgehead atoms. The van der Waals surface area contributed by atoms with E-state index in [-0.39, 0.29) is 11.4 Å². The normalized spacial score (nSPS) is 22.6. The molecule has 1 aromatic rings. The van der Waals surface area contributed by atoms with Gasteiger partial charge in [-0.15, -0.1) is 0 Å². The molecule has 1 N–H and O–H groups in total. The van der Waals surface area contributed by atoms with Crippen LogP contribution in [0.1, 0.15) is 39.2 Å². The molecule has 0 radical (unpaired) electrons. The minimum absolute atomic E-state index is 0.0792. The van der Waals surface area contributed by atoms with Crippen LogP contribution in [-0.4, -0.2) is 18.1 Å². The van der Waals surface area contributed by atoms with Crippen LogP contribution >= 0.6 is 0 Å². The van der Waals surface area contributed by atoms with Gasteiger partial charge in [-0.3, -0.25) is 4.79 Å². The number of nitrogens with one attached hydrogen (secondary N) is 1. The lowest BCUT2D eigenvalue weighted by molar-refractivity contribution is -0.120. The average Bonchev–Trinajstić information content (AvgIpc) is 2.75. The van der Waals surface area contributed by atoms with Gasteiger partial charge in [0.2, 0.25) is 5.91 Å². The van der Waals surface area contributed by atoms with Gasteiger partial charge in [0.15, 0.2) is 0 Å². The fourth-order valence-corrected chi connectivity index (χ4v) is 2.74. The lowest BCUT2D eigenvalue weighted by atomic mass is 9.80. The number of benzene rings is 1. The molecule has 0 aliphatic carbocycles. The highest BCUT2D eigenvalue weighted by atomic mass is 16.5. The fraction of sp³-hybridized carbons (Fsp3) is 0.562. The molecule has 0 aromatic heterocycles. The molecule has 1 saturated heterocycles. The smallest absolute Gasteiger partial charge is 0.220 e. The van der Waals surface area contributed by atoms with E-state index in [4.69, 9.17) is 4.74 Å². The van der Waals surface area contributed by atoms with E-state index in [0.717, 1.165) is 18.6 Å². The van der Waals surface area contributed by atoms with Gasteiger partial charge < -0.3 is 10.1 Å². The third-order valence-corrected chi connectivity index (χ3v) is 4.05.